The van der Waals surface area contributed by atoms with E-state index in [9.17, 15) is 4.79 Å². The van der Waals surface area contributed by atoms with Gasteiger partial charge in [0.1, 0.15) is 6.29 Å². The van der Waals surface area contributed by atoms with Crippen molar-refractivity contribution in [1.29, 1.82) is 3.56 Å². The van der Waals surface area contributed by atoms with E-state index in [2.05, 4.69) is 23.9 Å². The maximum atomic E-state index is 11.0. The van der Waals surface area contributed by atoms with Gasteiger partial charge in [-0.3, -0.25) is 3.56 Å². The fraction of sp³-hybridized carbons (Fsp3) is 0.667. The van der Waals surface area contributed by atoms with Crippen molar-refractivity contribution >= 4 is 29.5 Å². The largest absolute Gasteiger partial charge is 0.303 e. The summed E-state index contributed by atoms with van der Waals surface area (Å²) in [6.45, 7) is 6.28. The van der Waals surface area contributed by atoms with Gasteiger partial charge >= 0.3 is 0 Å². The summed E-state index contributed by atoms with van der Waals surface area (Å²) in [4.78, 5) is 11.0. The van der Waals surface area contributed by atoms with Gasteiger partial charge in [0.05, 0.1) is 0 Å². The maximum absolute atomic E-state index is 11.0. The molecule has 1 rings (SSSR count). The Morgan fingerprint density at radius 2 is 2.33 bits per heavy atom. The Bertz CT molecular complexity index is 340. The molecule has 0 heterocycles. The van der Waals surface area contributed by atoms with Gasteiger partial charge in [0.2, 0.25) is 0 Å². The third kappa shape index (κ3) is 2.89. The maximum Gasteiger partial charge on any atom is 0.127 e. The molecule has 0 saturated heterocycles. The van der Waals surface area contributed by atoms with Crippen LogP contribution < -0.4 is 0 Å². The first-order valence-corrected chi connectivity index (χ1v) is 9.02. The zero-order valence-corrected chi connectivity index (χ0v) is 11.8. The number of rotatable bonds is 3. The number of carbonyl (C=O) groups is 1. The number of hydrogen-bond donors (Lipinski definition) is 1. The molecule has 0 aromatic heterocycles. The van der Waals surface area contributed by atoms with Crippen molar-refractivity contribution in [1.82, 2.24) is 0 Å². The summed E-state index contributed by atoms with van der Waals surface area (Å²) >= 11 is -1.68. The standard InChI is InChI=1S/C12H20INO/c1-4-7-13(14)12-6-5-9(2)11(8-15)10(12)3/h5,7-8,10-12,14H,4,6H2,1-3H3/t10-,11-,12+/m0/s1. The van der Waals surface area contributed by atoms with E-state index in [0.29, 0.717) is 9.84 Å². The van der Waals surface area contributed by atoms with E-state index in [1.165, 1.54) is 5.57 Å². The highest BCUT2D eigenvalue weighted by atomic mass is 127. The van der Waals surface area contributed by atoms with Gasteiger partial charge in [-0.25, -0.2) is 0 Å². The van der Waals surface area contributed by atoms with Gasteiger partial charge in [0, 0.05) is 9.84 Å². The molecule has 1 aliphatic carbocycles. The highest BCUT2D eigenvalue weighted by Gasteiger charge is 2.29. The van der Waals surface area contributed by atoms with Crippen molar-refractivity contribution in [3.8, 4) is 0 Å². The van der Waals surface area contributed by atoms with Crippen LogP contribution in [-0.4, -0.2) is 14.2 Å². The Labute approximate surface area is 98.7 Å². The second-order valence-corrected chi connectivity index (χ2v) is 8.57. The molecule has 0 spiro atoms. The zero-order chi connectivity index (χ0) is 11.4. The summed E-state index contributed by atoms with van der Waals surface area (Å²) in [5.74, 6) is 0.442. The van der Waals surface area contributed by atoms with E-state index in [1.807, 2.05) is 6.92 Å². The molecule has 1 aliphatic rings. The van der Waals surface area contributed by atoms with Crippen LogP contribution in [0.4, 0.5) is 0 Å². The van der Waals surface area contributed by atoms with Gasteiger partial charge in [-0.2, -0.15) is 0 Å². The third-order valence-corrected chi connectivity index (χ3v) is 8.29. The molecule has 0 bridgehead atoms. The van der Waals surface area contributed by atoms with Crippen molar-refractivity contribution in [2.75, 3.05) is 0 Å². The molecule has 0 aromatic rings. The molecule has 2 nitrogen and oxygen atoms in total. The molecule has 15 heavy (non-hydrogen) atoms. The van der Waals surface area contributed by atoms with E-state index in [1.54, 1.807) is 0 Å². The Hall–Kier alpha value is -0.190. The highest BCUT2D eigenvalue weighted by Crippen LogP contribution is 2.39. The SMILES string of the molecule is CCC=I(=N)[C@@H]1CC=C(C)[C@H](C=O)[C@@H]1C. The number of nitrogens with one attached hydrogen (secondary N) is 1. The summed E-state index contributed by atoms with van der Waals surface area (Å²) in [7, 11) is 0. The van der Waals surface area contributed by atoms with Crippen LogP contribution in [0.3, 0.4) is 0 Å². The molecule has 0 amide bonds. The summed E-state index contributed by atoms with van der Waals surface area (Å²) in [5, 5.41) is 0. The molecular formula is C12H20INO. The first-order valence-electron chi connectivity index (χ1n) is 5.45. The minimum Gasteiger partial charge on any atom is -0.303 e. The van der Waals surface area contributed by atoms with Crippen LogP contribution in [0.1, 0.15) is 33.6 Å². The molecule has 3 heteroatoms. The van der Waals surface area contributed by atoms with E-state index >= 15 is 0 Å². The Kier molecular flexibility index (Phi) is 4.96. The van der Waals surface area contributed by atoms with Crippen molar-refractivity contribution in [3.63, 3.8) is 0 Å². The number of halogens is 1. The van der Waals surface area contributed by atoms with E-state index in [0.717, 1.165) is 19.1 Å². The Morgan fingerprint density at radius 3 is 2.87 bits per heavy atom. The second-order valence-electron chi connectivity index (χ2n) is 4.13. The fourth-order valence-corrected chi connectivity index (χ4v) is 6.18. The van der Waals surface area contributed by atoms with Crippen molar-refractivity contribution in [2.45, 2.75) is 37.5 Å². The summed E-state index contributed by atoms with van der Waals surface area (Å²) < 4.78 is 10.8. The minimum atomic E-state index is -1.68. The highest BCUT2D eigenvalue weighted by molar-refractivity contribution is 14.2. The van der Waals surface area contributed by atoms with E-state index in [4.69, 9.17) is 3.56 Å². The van der Waals surface area contributed by atoms with Crippen molar-refractivity contribution < 1.29 is 4.79 Å². The van der Waals surface area contributed by atoms with Crippen LogP contribution in [0, 0.1) is 15.4 Å². The zero-order valence-electron chi connectivity index (χ0n) is 9.66. The number of alkyl halides is 1. The lowest BCUT2D eigenvalue weighted by Gasteiger charge is -2.30. The van der Waals surface area contributed by atoms with Crippen LogP contribution in [0.5, 0.6) is 0 Å². The predicted molar refractivity (Wildman–Crippen MR) is 74.0 cm³/mol. The van der Waals surface area contributed by atoms with Crippen LogP contribution in [-0.2, 0) is 4.79 Å². The second kappa shape index (κ2) is 5.77. The summed E-state index contributed by atoms with van der Waals surface area (Å²) in [6.07, 6.45) is 5.26. The van der Waals surface area contributed by atoms with Crippen LogP contribution in [0.15, 0.2) is 11.6 Å². The summed E-state index contributed by atoms with van der Waals surface area (Å²) in [5.41, 5.74) is 1.20. The topological polar surface area (TPSA) is 40.9 Å². The first-order chi connectivity index (χ1) is 7.11. The van der Waals surface area contributed by atoms with Crippen LogP contribution >= 0.6 is 19.2 Å². The molecule has 0 aromatic carbocycles. The molecule has 1 N–H and O–H groups in total. The lowest BCUT2D eigenvalue weighted by molar-refractivity contribution is -0.111. The van der Waals surface area contributed by atoms with Gasteiger partial charge in [0.15, 0.2) is 0 Å². The Morgan fingerprint density at radius 1 is 1.67 bits per heavy atom. The molecule has 0 aliphatic heterocycles. The average molecular weight is 321 g/mol. The predicted octanol–water partition coefficient (Wildman–Crippen LogP) is 3.64. The molecule has 0 saturated carbocycles. The first kappa shape index (κ1) is 12.9. The number of allylic oxidation sites excluding steroid dienone is 2. The van der Waals surface area contributed by atoms with E-state index < -0.39 is 19.2 Å². The Balaban J connectivity index is 2.92. The number of hydrogen-bond acceptors (Lipinski definition) is 2. The van der Waals surface area contributed by atoms with Gasteiger partial charge in [0.25, 0.3) is 0 Å². The molecule has 3 atom stereocenters. The van der Waals surface area contributed by atoms with Gasteiger partial charge in [-0.05, 0) is 29.7 Å². The number of carbonyl (C=O) groups excluding carboxylic acids is 1. The lowest BCUT2D eigenvalue weighted by atomic mass is 9.81. The quantitative estimate of drug-likeness (QED) is 0.367. The van der Waals surface area contributed by atoms with E-state index in [-0.39, 0.29) is 5.92 Å². The minimum absolute atomic E-state index is 0.0687. The molecular weight excluding hydrogens is 301 g/mol. The van der Waals surface area contributed by atoms with Crippen LogP contribution in [0.2, 0.25) is 0 Å². The smallest absolute Gasteiger partial charge is 0.127 e. The monoisotopic (exact) mass is 321 g/mol. The lowest BCUT2D eigenvalue weighted by Crippen LogP contribution is -2.27. The van der Waals surface area contributed by atoms with Crippen molar-refractivity contribution in [3.05, 3.63) is 11.6 Å². The third-order valence-electron chi connectivity index (χ3n) is 3.10. The molecule has 0 radical (unpaired) electrons. The van der Waals surface area contributed by atoms with Crippen LogP contribution in [0.25, 0.3) is 0 Å². The van der Waals surface area contributed by atoms with Gasteiger partial charge in [-0.1, -0.05) is 44.7 Å². The van der Waals surface area contributed by atoms with Crippen molar-refractivity contribution in [2.24, 2.45) is 11.8 Å². The fourth-order valence-electron chi connectivity index (χ4n) is 2.11. The van der Waals surface area contributed by atoms with Gasteiger partial charge < -0.3 is 4.79 Å². The normalized spacial score (nSPS) is 33.5. The summed E-state index contributed by atoms with van der Waals surface area (Å²) in [6, 6.07) is 0. The average Bonchev–Trinajstić information content (AvgIpc) is 2.18. The molecule has 0 unspecified atom stereocenters. The number of aldehydes is 1. The molecule has 86 valence electrons. The van der Waals surface area contributed by atoms with Gasteiger partial charge in [-0.15, -0.1) is 0 Å². The molecule has 0 fully saturated rings.